The van der Waals surface area contributed by atoms with Crippen molar-refractivity contribution >= 4 is 11.9 Å². The molecule has 5 nitrogen and oxygen atoms in total. The summed E-state index contributed by atoms with van der Waals surface area (Å²) in [7, 11) is 0. The molecule has 0 rings (SSSR count). The molecule has 0 aromatic carbocycles. The van der Waals surface area contributed by atoms with Crippen LogP contribution in [0.25, 0.3) is 0 Å². The lowest BCUT2D eigenvalue weighted by molar-refractivity contribution is -0.156. The molecule has 112 valence electrons. The van der Waals surface area contributed by atoms with Crippen LogP contribution in [0.2, 0.25) is 0 Å². The van der Waals surface area contributed by atoms with E-state index in [1.54, 1.807) is 13.8 Å². The SMILES string of the molecule is CC(C)C(C)(CC(=O)N(CCO)CC(F)F)C(=O)O. The van der Waals surface area contributed by atoms with Gasteiger partial charge >= 0.3 is 5.97 Å². The normalized spacial score (nSPS) is 14.5. The number of alkyl halides is 2. The van der Waals surface area contributed by atoms with Crippen molar-refractivity contribution in [2.75, 3.05) is 19.7 Å². The van der Waals surface area contributed by atoms with Gasteiger partial charge in [0.2, 0.25) is 5.91 Å². The molecule has 0 aliphatic heterocycles. The van der Waals surface area contributed by atoms with Gasteiger partial charge in [-0.05, 0) is 12.8 Å². The number of nitrogens with zero attached hydrogens (tertiary/aromatic N) is 1. The lowest BCUT2D eigenvalue weighted by atomic mass is 9.76. The Morgan fingerprint density at radius 3 is 2.16 bits per heavy atom. The molecule has 0 spiro atoms. The van der Waals surface area contributed by atoms with Crippen LogP contribution in [0.1, 0.15) is 27.2 Å². The predicted molar refractivity (Wildman–Crippen MR) is 64.9 cm³/mol. The number of carbonyl (C=O) groups excluding carboxylic acids is 1. The first kappa shape index (κ1) is 17.8. The fraction of sp³-hybridized carbons (Fsp3) is 0.833. The van der Waals surface area contributed by atoms with E-state index in [0.717, 1.165) is 4.90 Å². The summed E-state index contributed by atoms with van der Waals surface area (Å²) >= 11 is 0. The number of aliphatic hydroxyl groups excluding tert-OH is 1. The molecule has 0 aromatic heterocycles. The summed E-state index contributed by atoms with van der Waals surface area (Å²) in [4.78, 5) is 23.9. The Balaban J connectivity index is 4.91. The minimum absolute atomic E-state index is 0.225. The van der Waals surface area contributed by atoms with Crippen molar-refractivity contribution in [3.8, 4) is 0 Å². The lowest BCUT2D eigenvalue weighted by Crippen LogP contribution is -2.43. The quantitative estimate of drug-likeness (QED) is 0.701. The van der Waals surface area contributed by atoms with Gasteiger partial charge in [0.15, 0.2) is 0 Å². The van der Waals surface area contributed by atoms with Gasteiger partial charge in [-0.2, -0.15) is 0 Å². The molecule has 1 amide bonds. The Kier molecular flexibility index (Phi) is 6.89. The van der Waals surface area contributed by atoms with Gasteiger partial charge in [0.05, 0.1) is 18.6 Å². The van der Waals surface area contributed by atoms with Gasteiger partial charge in [0, 0.05) is 13.0 Å². The van der Waals surface area contributed by atoms with Crippen LogP contribution in [-0.2, 0) is 9.59 Å². The number of aliphatic carboxylic acids is 1. The fourth-order valence-electron chi connectivity index (χ4n) is 1.56. The van der Waals surface area contributed by atoms with Crippen molar-refractivity contribution < 1.29 is 28.6 Å². The van der Waals surface area contributed by atoms with Crippen molar-refractivity contribution in [2.24, 2.45) is 11.3 Å². The summed E-state index contributed by atoms with van der Waals surface area (Å²) in [6.45, 7) is 3.27. The molecule has 1 atom stereocenters. The first-order valence-corrected chi connectivity index (χ1v) is 6.05. The number of hydrogen-bond acceptors (Lipinski definition) is 3. The van der Waals surface area contributed by atoms with Crippen molar-refractivity contribution in [1.29, 1.82) is 0 Å². The van der Waals surface area contributed by atoms with Crippen molar-refractivity contribution in [1.82, 2.24) is 4.90 Å². The van der Waals surface area contributed by atoms with E-state index in [4.69, 9.17) is 5.11 Å². The minimum atomic E-state index is -2.72. The third-order valence-electron chi connectivity index (χ3n) is 3.36. The molecule has 19 heavy (non-hydrogen) atoms. The average molecular weight is 281 g/mol. The van der Waals surface area contributed by atoms with Gasteiger partial charge < -0.3 is 15.1 Å². The topological polar surface area (TPSA) is 77.8 Å². The monoisotopic (exact) mass is 281 g/mol. The molecule has 1 unspecified atom stereocenters. The van der Waals surface area contributed by atoms with E-state index in [-0.39, 0.29) is 18.9 Å². The first-order chi connectivity index (χ1) is 8.65. The predicted octanol–water partition coefficient (Wildman–Crippen LogP) is 1.21. The summed E-state index contributed by atoms with van der Waals surface area (Å²) in [5.41, 5.74) is -1.31. The summed E-state index contributed by atoms with van der Waals surface area (Å²) in [5.74, 6) is -2.15. The molecular formula is C12H21F2NO4. The average Bonchev–Trinajstić information content (AvgIpc) is 2.27. The standard InChI is InChI=1S/C12H21F2NO4/c1-8(2)12(3,11(18)19)6-10(17)15(4-5-16)7-9(13)14/h8-9,16H,4-7H2,1-3H3,(H,18,19). The highest BCUT2D eigenvalue weighted by molar-refractivity contribution is 5.85. The van der Waals surface area contributed by atoms with Crippen LogP contribution >= 0.6 is 0 Å². The zero-order chi connectivity index (χ0) is 15.2. The molecular weight excluding hydrogens is 260 g/mol. The molecule has 0 aliphatic carbocycles. The Hall–Kier alpha value is -1.24. The molecule has 7 heteroatoms. The molecule has 2 N–H and O–H groups in total. The maximum atomic E-state index is 12.3. The van der Waals surface area contributed by atoms with Crippen molar-refractivity contribution in [2.45, 2.75) is 33.6 Å². The van der Waals surface area contributed by atoms with Crippen LogP contribution in [-0.4, -0.2) is 53.1 Å². The number of aliphatic hydroxyl groups is 1. The zero-order valence-electron chi connectivity index (χ0n) is 11.4. The maximum absolute atomic E-state index is 12.3. The Bertz CT molecular complexity index is 323. The van der Waals surface area contributed by atoms with Crippen LogP contribution in [0.3, 0.4) is 0 Å². The van der Waals surface area contributed by atoms with E-state index in [1.807, 2.05) is 0 Å². The van der Waals surface area contributed by atoms with Gasteiger partial charge in [-0.3, -0.25) is 9.59 Å². The summed E-state index contributed by atoms with van der Waals surface area (Å²) in [6, 6.07) is 0. The molecule has 0 bridgehead atoms. The minimum Gasteiger partial charge on any atom is -0.481 e. The van der Waals surface area contributed by atoms with E-state index >= 15 is 0 Å². The highest BCUT2D eigenvalue weighted by atomic mass is 19.3. The fourth-order valence-corrected chi connectivity index (χ4v) is 1.56. The molecule has 0 heterocycles. The van der Waals surface area contributed by atoms with E-state index < -0.39 is 36.9 Å². The van der Waals surface area contributed by atoms with Gasteiger partial charge in [0.25, 0.3) is 6.43 Å². The number of carboxylic acids is 1. The second-order valence-corrected chi connectivity index (χ2v) is 5.01. The number of carboxylic acid groups (broad SMARTS) is 1. The molecule has 0 fully saturated rings. The second kappa shape index (κ2) is 7.37. The van der Waals surface area contributed by atoms with Crippen LogP contribution < -0.4 is 0 Å². The van der Waals surface area contributed by atoms with Crippen molar-refractivity contribution in [3.63, 3.8) is 0 Å². The van der Waals surface area contributed by atoms with Gasteiger partial charge in [-0.25, -0.2) is 8.78 Å². The highest BCUT2D eigenvalue weighted by Gasteiger charge is 2.40. The number of halogens is 2. The van der Waals surface area contributed by atoms with Gasteiger partial charge in [0.1, 0.15) is 0 Å². The van der Waals surface area contributed by atoms with E-state index in [9.17, 15) is 23.5 Å². The Morgan fingerprint density at radius 2 is 1.84 bits per heavy atom. The maximum Gasteiger partial charge on any atom is 0.310 e. The van der Waals surface area contributed by atoms with E-state index in [0.29, 0.717) is 0 Å². The number of rotatable bonds is 8. The molecule has 0 saturated heterocycles. The number of carbonyl (C=O) groups is 2. The van der Waals surface area contributed by atoms with Crippen molar-refractivity contribution in [3.05, 3.63) is 0 Å². The third kappa shape index (κ3) is 5.10. The summed E-state index contributed by atoms with van der Waals surface area (Å²) < 4.78 is 24.7. The molecule has 0 radical (unpaired) electrons. The summed E-state index contributed by atoms with van der Waals surface area (Å²) in [5, 5.41) is 17.9. The third-order valence-corrected chi connectivity index (χ3v) is 3.36. The van der Waals surface area contributed by atoms with Gasteiger partial charge in [-0.1, -0.05) is 13.8 Å². The lowest BCUT2D eigenvalue weighted by Gasteiger charge is -2.31. The van der Waals surface area contributed by atoms with Crippen LogP contribution in [0, 0.1) is 11.3 Å². The van der Waals surface area contributed by atoms with E-state index in [1.165, 1.54) is 6.92 Å². The Morgan fingerprint density at radius 1 is 1.32 bits per heavy atom. The van der Waals surface area contributed by atoms with E-state index in [2.05, 4.69) is 0 Å². The Labute approximate surface area is 111 Å². The highest BCUT2D eigenvalue weighted by Crippen LogP contribution is 2.32. The van der Waals surface area contributed by atoms with Crippen LogP contribution in [0.5, 0.6) is 0 Å². The summed E-state index contributed by atoms with van der Waals surface area (Å²) in [6.07, 6.45) is -3.09. The van der Waals surface area contributed by atoms with Crippen LogP contribution in [0.4, 0.5) is 8.78 Å². The number of amides is 1. The smallest absolute Gasteiger partial charge is 0.310 e. The largest absolute Gasteiger partial charge is 0.481 e. The van der Waals surface area contributed by atoms with Crippen LogP contribution in [0.15, 0.2) is 0 Å². The molecule has 0 saturated carbocycles. The second-order valence-electron chi connectivity index (χ2n) is 5.01. The molecule has 0 aromatic rings. The van der Waals surface area contributed by atoms with Gasteiger partial charge in [-0.15, -0.1) is 0 Å². The number of hydrogen-bond donors (Lipinski definition) is 2. The zero-order valence-corrected chi connectivity index (χ0v) is 11.4. The molecule has 0 aliphatic rings. The first-order valence-electron chi connectivity index (χ1n) is 6.05.